The Hall–Kier alpha value is -4.81. The maximum atomic E-state index is 13.7. The van der Waals surface area contributed by atoms with Gasteiger partial charge in [-0.2, -0.15) is 0 Å². The molecular weight excluding hydrogens is 525 g/mol. The Labute approximate surface area is 232 Å². The van der Waals surface area contributed by atoms with Crippen molar-refractivity contribution >= 4 is 32.5 Å². The quantitative estimate of drug-likeness (QED) is 0.206. The molecule has 5 aromatic carbocycles. The van der Waals surface area contributed by atoms with Crippen molar-refractivity contribution < 1.29 is 13.2 Å². The fourth-order valence-electron chi connectivity index (χ4n) is 4.84. The smallest absolute Gasteiger partial charge is 0.194 e. The lowest BCUT2D eigenvalue weighted by atomic mass is 9.98. The van der Waals surface area contributed by atoms with Crippen molar-refractivity contribution in [1.82, 2.24) is 9.97 Å². The monoisotopic (exact) mass is 544 g/mol. The van der Waals surface area contributed by atoms with Gasteiger partial charge in [0.05, 0.1) is 15.7 Å². The summed E-state index contributed by atoms with van der Waals surface area (Å²) in [5, 5.41) is 2.02. The number of pyridine rings is 1. The molecule has 0 radical (unpaired) electrons. The van der Waals surface area contributed by atoms with Crippen molar-refractivity contribution in [2.45, 2.75) is 0 Å². The minimum atomic E-state index is -1.46. The lowest BCUT2D eigenvalue weighted by molar-refractivity contribution is 0.448. The predicted octanol–water partition coefficient (Wildman–Crippen LogP) is 9.93. The van der Waals surface area contributed by atoms with E-state index in [9.17, 15) is 13.2 Å². The van der Waals surface area contributed by atoms with Gasteiger partial charge in [0, 0.05) is 22.7 Å². The SMILES string of the molecule is Fc1cc(-c2ccc(-c3ccc4cc(-c5ccc(-c6nc7ccccc7s6)cc5)cnc4c3)cc2)cc(F)c1F. The number of fused-ring (bicyclic) bond motifs is 2. The highest BCUT2D eigenvalue weighted by molar-refractivity contribution is 7.21. The van der Waals surface area contributed by atoms with Gasteiger partial charge in [0.2, 0.25) is 0 Å². The maximum absolute atomic E-state index is 13.7. The molecule has 6 heteroatoms. The van der Waals surface area contributed by atoms with Crippen LogP contribution in [-0.2, 0) is 0 Å². The van der Waals surface area contributed by atoms with E-state index < -0.39 is 17.5 Å². The van der Waals surface area contributed by atoms with E-state index in [0.29, 0.717) is 5.56 Å². The first-order valence-electron chi connectivity index (χ1n) is 12.6. The number of nitrogens with zero attached hydrogens (tertiary/aromatic N) is 2. The Kier molecular flexibility index (Phi) is 5.90. The highest BCUT2D eigenvalue weighted by atomic mass is 32.1. The summed E-state index contributed by atoms with van der Waals surface area (Å²) >= 11 is 1.69. The molecule has 0 aliphatic carbocycles. The van der Waals surface area contributed by atoms with E-state index in [1.54, 1.807) is 23.5 Å². The molecular formula is C34H19F3N2S. The minimum absolute atomic E-state index is 0.281. The van der Waals surface area contributed by atoms with E-state index in [1.807, 2.05) is 54.7 Å². The van der Waals surface area contributed by atoms with Crippen LogP contribution in [0.2, 0.25) is 0 Å². The highest BCUT2D eigenvalue weighted by Gasteiger charge is 2.12. The molecule has 0 saturated heterocycles. The number of halogens is 3. The zero-order chi connectivity index (χ0) is 27.2. The van der Waals surface area contributed by atoms with Crippen LogP contribution in [0.3, 0.4) is 0 Å². The molecule has 0 N–H and O–H groups in total. The van der Waals surface area contributed by atoms with E-state index >= 15 is 0 Å². The zero-order valence-electron chi connectivity index (χ0n) is 20.9. The molecule has 0 saturated carbocycles. The summed E-state index contributed by atoms with van der Waals surface area (Å²) in [6, 6.07) is 34.0. The van der Waals surface area contributed by atoms with Crippen molar-refractivity contribution in [3.8, 4) is 44.0 Å². The van der Waals surface area contributed by atoms with Crippen LogP contribution >= 0.6 is 11.3 Å². The first kappa shape index (κ1) is 24.2. The molecule has 0 atom stereocenters. The van der Waals surface area contributed by atoms with Gasteiger partial charge in [-0.05, 0) is 64.2 Å². The second kappa shape index (κ2) is 9.74. The van der Waals surface area contributed by atoms with Gasteiger partial charge in [0.1, 0.15) is 5.01 Å². The zero-order valence-corrected chi connectivity index (χ0v) is 21.7. The molecule has 7 aromatic rings. The third kappa shape index (κ3) is 4.42. The average molecular weight is 545 g/mol. The summed E-state index contributed by atoms with van der Waals surface area (Å²) in [5.74, 6) is -3.87. The molecule has 192 valence electrons. The summed E-state index contributed by atoms with van der Waals surface area (Å²) in [7, 11) is 0. The number of aromatic nitrogens is 2. The number of thiazole rings is 1. The summed E-state index contributed by atoms with van der Waals surface area (Å²) in [4.78, 5) is 9.47. The predicted molar refractivity (Wildman–Crippen MR) is 157 cm³/mol. The number of benzene rings is 5. The van der Waals surface area contributed by atoms with E-state index in [-0.39, 0.29) is 5.56 Å². The molecule has 0 aliphatic rings. The molecule has 0 spiro atoms. The molecule has 0 amide bonds. The molecule has 2 nitrogen and oxygen atoms in total. The summed E-state index contributed by atoms with van der Waals surface area (Å²) in [6.45, 7) is 0. The molecule has 0 bridgehead atoms. The summed E-state index contributed by atoms with van der Waals surface area (Å²) < 4.78 is 41.8. The third-order valence-electron chi connectivity index (χ3n) is 6.98. The van der Waals surface area contributed by atoms with Gasteiger partial charge in [-0.1, -0.05) is 72.8 Å². The lowest BCUT2D eigenvalue weighted by Crippen LogP contribution is -1.91. The van der Waals surface area contributed by atoms with Gasteiger partial charge in [-0.15, -0.1) is 11.3 Å². The largest absolute Gasteiger partial charge is 0.256 e. The molecule has 40 heavy (non-hydrogen) atoms. The summed E-state index contributed by atoms with van der Waals surface area (Å²) in [6.07, 6.45) is 1.87. The van der Waals surface area contributed by atoms with Crippen LogP contribution in [0.1, 0.15) is 0 Å². The van der Waals surface area contributed by atoms with Crippen molar-refractivity contribution in [2.24, 2.45) is 0 Å². The van der Waals surface area contributed by atoms with Crippen LogP contribution in [-0.4, -0.2) is 9.97 Å². The number of rotatable bonds is 4. The van der Waals surface area contributed by atoms with Gasteiger partial charge in [-0.25, -0.2) is 18.2 Å². The van der Waals surface area contributed by atoms with E-state index in [1.165, 1.54) is 4.70 Å². The second-order valence-corrected chi connectivity index (χ2v) is 10.6. The van der Waals surface area contributed by atoms with Crippen LogP contribution in [0.5, 0.6) is 0 Å². The molecule has 7 rings (SSSR count). The standard InChI is InChI=1S/C34H19F3N2S/c35-28-16-26(17-29(36)33(28)37)21-7-5-20(6-8-21)24-13-14-25-15-27(19-38-31(25)18-24)22-9-11-23(12-10-22)34-39-30-3-1-2-4-32(30)40-34/h1-19H. The Bertz CT molecular complexity index is 1970. The Morgan fingerprint density at radius 2 is 1.10 bits per heavy atom. The van der Waals surface area contributed by atoms with E-state index in [2.05, 4.69) is 36.4 Å². The number of hydrogen-bond donors (Lipinski definition) is 0. The summed E-state index contributed by atoms with van der Waals surface area (Å²) in [5.41, 5.74) is 7.85. The van der Waals surface area contributed by atoms with Crippen molar-refractivity contribution in [2.75, 3.05) is 0 Å². The second-order valence-electron chi connectivity index (χ2n) is 9.53. The Morgan fingerprint density at radius 1 is 0.500 bits per heavy atom. The third-order valence-corrected chi connectivity index (χ3v) is 8.06. The van der Waals surface area contributed by atoms with Crippen LogP contribution in [0.25, 0.3) is 65.1 Å². The van der Waals surface area contributed by atoms with Gasteiger partial charge < -0.3 is 0 Å². The van der Waals surface area contributed by atoms with Crippen LogP contribution in [0, 0.1) is 17.5 Å². The minimum Gasteiger partial charge on any atom is -0.256 e. The number of hydrogen-bond acceptors (Lipinski definition) is 3. The molecule has 2 heterocycles. The fraction of sp³-hybridized carbons (Fsp3) is 0. The first-order valence-corrected chi connectivity index (χ1v) is 13.4. The molecule has 0 unspecified atom stereocenters. The normalized spacial score (nSPS) is 11.4. The van der Waals surface area contributed by atoms with Crippen molar-refractivity contribution in [1.29, 1.82) is 0 Å². The maximum Gasteiger partial charge on any atom is 0.194 e. The Morgan fingerprint density at radius 3 is 1.80 bits per heavy atom. The van der Waals surface area contributed by atoms with Gasteiger partial charge >= 0.3 is 0 Å². The lowest BCUT2D eigenvalue weighted by Gasteiger charge is -2.08. The van der Waals surface area contributed by atoms with Crippen LogP contribution < -0.4 is 0 Å². The number of para-hydroxylation sites is 1. The highest BCUT2D eigenvalue weighted by Crippen LogP contribution is 2.33. The van der Waals surface area contributed by atoms with Crippen LogP contribution in [0.15, 0.2) is 115 Å². The molecule has 0 fully saturated rings. The van der Waals surface area contributed by atoms with Crippen LogP contribution in [0.4, 0.5) is 13.2 Å². The van der Waals surface area contributed by atoms with Crippen molar-refractivity contribution in [3.05, 3.63) is 133 Å². The topological polar surface area (TPSA) is 25.8 Å². The van der Waals surface area contributed by atoms with E-state index in [4.69, 9.17) is 9.97 Å². The molecule has 0 aliphatic heterocycles. The fourth-order valence-corrected chi connectivity index (χ4v) is 5.81. The van der Waals surface area contributed by atoms with E-state index in [0.717, 1.165) is 61.4 Å². The van der Waals surface area contributed by atoms with Gasteiger partial charge in [-0.3, -0.25) is 4.98 Å². The van der Waals surface area contributed by atoms with Gasteiger partial charge in [0.25, 0.3) is 0 Å². The first-order chi connectivity index (χ1) is 19.5. The average Bonchev–Trinajstić information content (AvgIpc) is 3.44. The van der Waals surface area contributed by atoms with Crippen molar-refractivity contribution in [3.63, 3.8) is 0 Å². The molecule has 2 aromatic heterocycles. The van der Waals surface area contributed by atoms with Gasteiger partial charge in [0.15, 0.2) is 17.5 Å². The Balaban J connectivity index is 1.14.